The molecule has 1 aromatic carbocycles. The monoisotopic (exact) mass is 358 g/mol. The zero-order chi connectivity index (χ0) is 19.4. The highest BCUT2D eigenvalue weighted by Crippen LogP contribution is 2.24. The van der Waals surface area contributed by atoms with E-state index in [0.717, 1.165) is 11.1 Å². The first-order chi connectivity index (χ1) is 12.2. The molecule has 1 heterocycles. The third kappa shape index (κ3) is 4.32. The maximum absolute atomic E-state index is 12.3. The van der Waals surface area contributed by atoms with Crippen LogP contribution in [-0.2, 0) is 16.1 Å². The number of rotatable bonds is 6. The number of aliphatic hydroxyl groups is 1. The van der Waals surface area contributed by atoms with Gasteiger partial charge in [-0.25, -0.2) is 4.79 Å². The number of ether oxygens (including phenoxy) is 1. The van der Waals surface area contributed by atoms with Gasteiger partial charge in [0.05, 0.1) is 6.10 Å². The smallest absolute Gasteiger partial charge is 0.355 e. The number of aliphatic hydroxyl groups excluding tert-OH is 1. The fourth-order valence-corrected chi connectivity index (χ4v) is 3.04. The lowest BCUT2D eigenvalue weighted by Gasteiger charge is -2.18. The number of hydrogen-bond acceptors (Lipinski definition) is 4. The molecule has 0 fully saturated rings. The quantitative estimate of drug-likeness (QED) is 0.778. The zero-order valence-electron chi connectivity index (χ0n) is 15.9. The molecule has 0 bridgehead atoms. The van der Waals surface area contributed by atoms with Gasteiger partial charge in [0, 0.05) is 24.8 Å². The SMILES string of the molecule is Cc1ccccc1CN(C)C(=O)COC(=O)c1[nH]c(C)c([C@@H](C)O)c1C. The Labute approximate surface area is 153 Å². The van der Waals surface area contributed by atoms with Crippen LogP contribution in [0.25, 0.3) is 0 Å². The van der Waals surface area contributed by atoms with Crippen LogP contribution in [0.15, 0.2) is 24.3 Å². The van der Waals surface area contributed by atoms with Gasteiger partial charge in [-0.2, -0.15) is 0 Å². The van der Waals surface area contributed by atoms with E-state index >= 15 is 0 Å². The van der Waals surface area contributed by atoms with E-state index in [0.29, 0.717) is 23.4 Å². The van der Waals surface area contributed by atoms with Crippen molar-refractivity contribution in [2.75, 3.05) is 13.7 Å². The highest BCUT2D eigenvalue weighted by molar-refractivity contribution is 5.91. The number of hydrogen-bond donors (Lipinski definition) is 2. The topological polar surface area (TPSA) is 82.6 Å². The Morgan fingerprint density at radius 3 is 2.46 bits per heavy atom. The molecule has 0 aliphatic rings. The number of aryl methyl sites for hydroxylation is 2. The fourth-order valence-electron chi connectivity index (χ4n) is 3.04. The summed E-state index contributed by atoms with van der Waals surface area (Å²) in [5.41, 5.74) is 4.46. The van der Waals surface area contributed by atoms with Crippen LogP contribution >= 0.6 is 0 Å². The summed E-state index contributed by atoms with van der Waals surface area (Å²) in [5, 5.41) is 9.80. The van der Waals surface area contributed by atoms with Crippen LogP contribution in [0.2, 0.25) is 0 Å². The van der Waals surface area contributed by atoms with Crippen molar-refractivity contribution in [3.8, 4) is 0 Å². The Morgan fingerprint density at radius 1 is 1.23 bits per heavy atom. The van der Waals surface area contributed by atoms with Crippen LogP contribution in [0.5, 0.6) is 0 Å². The molecule has 1 amide bonds. The van der Waals surface area contributed by atoms with Gasteiger partial charge in [0.25, 0.3) is 5.91 Å². The number of aromatic amines is 1. The molecule has 2 N–H and O–H groups in total. The van der Waals surface area contributed by atoms with Crippen LogP contribution in [0.4, 0.5) is 0 Å². The van der Waals surface area contributed by atoms with Crippen molar-refractivity contribution in [3.63, 3.8) is 0 Å². The average molecular weight is 358 g/mol. The van der Waals surface area contributed by atoms with Gasteiger partial charge in [-0.05, 0) is 44.4 Å². The third-order valence-corrected chi connectivity index (χ3v) is 4.54. The fraction of sp³-hybridized carbons (Fsp3) is 0.400. The van der Waals surface area contributed by atoms with E-state index in [2.05, 4.69) is 4.98 Å². The predicted molar refractivity (Wildman–Crippen MR) is 98.8 cm³/mol. The molecule has 1 atom stereocenters. The second kappa shape index (κ2) is 8.19. The Bertz CT molecular complexity index is 808. The molecule has 26 heavy (non-hydrogen) atoms. The number of nitrogens with one attached hydrogen (secondary N) is 1. The standard InChI is InChI=1S/C20H26N2O4/c1-12-8-6-7-9-16(12)10-22(5)17(24)11-26-20(25)19-13(2)18(15(4)23)14(3)21-19/h6-9,15,21,23H,10-11H2,1-5H3/t15-/m1/s1. The highest BCUT2D eigenvalue weighted by atomic mass is 16.5. The molecule has 0 aliphatic heterocycles. The van der Waals surface area contributed by atoms with Crippen molar-refractivity contribution in [2.45, 2.75) is 40.3 Å². The van der Waals surface area contributed by atoms with E-state index in [-0.39, 0.29) is 18.2 Å². The number of nitrogens with zero attached hydrogens (tertiary/aromatic N) is 1. The molecule has 6 nitrogen and oxygen atoms in total. The second-order valence-corrected chi connectivity index (χ2v) is 6.59. The van der Waals surface area contributed by atoms with E-state index in [1.807, 2.05) is 31.2 Å². The summed E-state index contributed by atoms with van der Waals surface area (Å²) in [4.78, 5) is 29.0. The van der Waals surface area contributed by atoms with Crippen molar-refractivity contribution in [3.05, 3.63) is 57.9 Å². The second-order valence-electron chi connectivity index (χ2n) is 6.59. The van der Waals surface area contributed by atoms with Gasteiger partial charge in [-0.3, -0.25) is 4.79 Å². The normalized spacial score (nSPS) is 11.9. The summed E-state index contributed by atoms with van der Waals surface area (Å²) in [5.74, 6) is -0.881. The minimum atomic E-state index is -0.685. The van der Waals surface area contributed by atoms with E-state index in [1.54, 1.807) is 27.8 Å². The Balaban J connectivity index is 1.98. The van der Waals surface area contributed by atoms with Gasteiger partial charge in [0.2, 0.25) is 0 Å². The molecule has 0 unspecified atom stereocenters. The summed E-state index contributed by atoms with van der Waals surface area (Å²) < 4.78 is 5.16. The number of H-pyrrole nitrogens is 1. The molecular formula is C20H26N2O4. The van der Waals surface area contributed by atoms with Crippen molar-refractivity contribution >= 4 is 11.9 Å². The Hall–Kier alpha value is -2.60. The van der Waals surface area contributed by atoms with Crippen molar-refractivity contribution in [1.29, 1.82) is 0 Å². The van der Waals surface area contributed by atoms with Crippen molar-refractivity contribution in [2.24, 2.45) is 0 Å². The molecule has 140 valence electrons. The van der Waals surface area contributed by atoms with E-state index < -0.39 is 12.1 Å². The molecule has 2 rings (SSSR count). The molecule has 0 aliphatic carbocycles. The first kappa shape index (κ1) is 19.7. The summed E-state index contributed by atoms with van der Waals surface area (Å²) in [6, 6.07) is 7.83. The summed E-state index contributed by atoms with van der Waals surface area (Å²) in [6.07, 6.45) is -0.685. The van der Waals surface area contributed by atoms with Crippen LogP contribution in [0, 0.1) is 20.8 Å². The van der Waals surface area contributed by atoms with Crippen LogP contribution in [-0.4, -0.2) is 40.5 Å². The predicted octanol–water partition coefficient (Wildman–Crippen LogP) is 2.81. The van der Waals surface area contributed by atoms with Crippen molar-refractivity contribution in [1.82, 2.24) is 9.88 Å². The number of aromatic nitrogens is 1. The lowest BCUT2D eigenvalue weighted by Crippen LogP contribution is -2.31. The number of benzene rings is 1. The minimum absolute atomic E-state index is 0.271. The van der Waals surface area contributed by atoms with E-state index in [4.69, 9.17) is 4.74 Å². The maximum atomic E-state index is 12.3. The molecule has 0 spiro atoms. The number of carbonyl (C=O) groups excluding carboxylic acids is 2. The van der Waals surface area contributed by atoms with Crippen LogP contribution in [0.1, 0.15) is 51.5 Å². The minimum Gasteiger partial charge on any atom is -0.451 e. The van der Waals surface area contributed by atoms with Gasteiger partial charge < -0.3 is 19.7 Å². The van der Waals surface area contributed by atoms with Crippen LogP contribution < -0.4 is 0 Å². The molecule has 2 aromatic rings. The first-order valence-electron chi connectivity index (χ1n) is 8.55. The van der Waals surface area contributed by atoms with E-state index in [9.17, 15) is 14.7 Å². The molecule has 0 saturated heterocycles. The largest absolute Gasteiger partial charge is 0.451 e. The number of amides is 1. The Kier molecular flexibility index (Phi) is 6.21. The molecular weight excluding hydrogens is 332 g/mol. The Morgan fingerprint density at radius 2 is 1.88 bits per heavy atom. The lowest BCUT2D eigenvalue weighted by molar-refractivity contribution is -0.133. The molecule has 0 saturated carbocycles. The van der Waals surface area contributed by atoms with Gasteiger partial charge in [0.15, 0.2) is 6.61 Å². The molecule has 1 aromatic heterocycles. The average Bonchev–Trinajstić information content (AvgIpc) is 2.89. The molecule has 0 radical (unpaired) electrons. The third-order valence-electron chi connectivity index (χ3n) is 4.54. The van der Waals surface area contributed by atoms with Gasteiger partial charge in [0.1, 0.15) is 5.69 Å². The van der Waals surface area contributed by atoms with Crippen LogP contribution in [0.3, 0.4) is 0 Å². The van der Waals surface area contributed by atoms with Gasteiger partial charge in [-0.15, -0.1) is 0 Å². The van der Waals surface area contributed by atoms with E-state index in [1.165, 1.54) is 4.90 Å². The number of carbonyl (C=O) groups is 2. The highest BCUT2D eigenvalue weighted by Gasteiger charge is 2.22. The zero-order valence-corrected chi connectivity index (χ0v) is 15.9. The number of esters is 1. The summed E-state index contributed by atoms with van der Waals surface area (Å²) >= 11 is 0. The molecule has 6 heteroatoms. The summed E-state index contributed by atoms with van der Waals surface area (Å²) in [6.45, 7) is 7.28. The number of likely N-dealkylation sites (N-methyl/N-ethyl adjacent to an activating group) is 1. The van der Waals surface area contributed by atoms with Gasteiger partial charge in [-0.1, -0.05) is 24.3 Å². The summed E-state index contributed by atoms with van der Waals surface area (Å²) in [7, 11) is 1.68. The maximum Gasteiger partial charge on any atom is 0.355 e. The first-order valence-corrected chi connectivity index (χ1v) is 8.55. The van der Waals surface area contributed by atoms with Gasteiger partial charge >= 0.3 is 5.97 Å². The lowest BCUT2D eigenvalue weighted by atomic mass is 10.1. The van der Waals surface area contributed by atoms with Crippen molar-refractivity contribution < 1.29 is 19.4 Å².